The summed E-state index contributed by atoms with van der Waals surface area (Å²) in [5.41, 5.74) is 0.872. The van der Waals surface area contributed by atoms with Gasteiger partial charge in [0.25, 0.3) is 5.56 Å². The highest BCUT2D eigenvalue weighted by Crippen LogP contribution is 2.25. The number of benzene rings is 1. The summed E-state index contributed by atoms with van der Waals surface area (Å²) in [4.78, 5) is 18.7. The molecule has 2 atom stereocenters. The summed E-state index contributed by atoms with van der Waals surface area (Å²) >= 11 is 0. The number of hydrogen-bond acceptors (Lipinski definition) is 5. The molecule has 0 saturated carbocycles. The molecular weight excluding hydrogens is 328 g/mol. The zero-order valence-corrected chi connectivity index (χ0v) is 15.2. The Bertz CT molecular complexity index is 929. The molecule has 1 aliphatic heterocycles. The van der Waals surface area contributed by atoms with E-state index in [1.807, 2.05) is 18.2 Å². The Labute approximate surface area is 152 Å². The van der Waals surface area contributed by atoms with Crippen molar-refractivity contribution in [3.8, 4) is 0 Å². The van der Waals surface area contributed by atoms with E-state index >= 15 is 0 Å². The van der Waals surface area contributed by atoms with Crippen LogP contribution in [0.25, 0.3) is 11.0 Å². The third-order valence-electron chi connectivity index (χ3n) is 5.08. The summed E-state index contributed by atoms with van der Waals surface area (Å²) < 4.78 is 7.56. The predicted octanol–water partition coefficient (Wildman–Crippen LogP) is 2.85. The van der Waals surface area contributed by atoms with Gasteiger partial charge in [-0.15, -0.1) is 0 Å². The number of fused-ring (bicyclic) bond motifs is 1. The number of furan rings is 1. The van der Waals surface area contributed by atoms with Gasteiger partial charge in [0.05, 0.1) is 6.04 Å². The number of hydrogen-bond donors (Lipinski definition) is 1. The molecule has 1 fully saturated rings. The molecule has 3 aromatic rings. The minimum absolute atomic E-state index is 0.0431. The second kappa shape index (κ2) is 6.96. The van der Waals surface area contributed by atoms with Crippen LogP contribution in [0.1, 0.15) is 31.6 Å². The number of para-hydroxylation sites is 1. The van der Waals surface area contributed by atoms with Crippen molar-refractivity contribution < 1.29 is 4.42 Å². The second-order valence-electron chi connectivity index (χ2n) is 7.03. The van der Waals surface area contributed by atoms with E-state index in [4.69, 9.17) is 4.42 Å². The Morgan fingerprint density at radius 2 is 2.19 bits per heavy atom. The van der Waals surface area contributed by atoms with Crippen LogP contribution in [-0.4, -0.2) is 28.7 Å². The molecule has 1 aliphatic rings. The number of piperidine rings is 1. The lowest BCUT2D eigenvalue weighted by Crippen LogP contribution is -2.48. The van der Waals surface area contributed by atoms with Gasteiger partial charge in [-0.2, -0.15) is 0 Å². The smallest absolute Gasteiger partial charge is 0.293 e. The Balaban J connectivity index is 1.47. The maximum absolute atomic E-state index is 12.3. The van der Waals surface area contributed by atoms with E-state index in [1.165, 1.54) is 0 Å². The minimum Gasteiger partial charge on any atom is -0.459 e. The Kier molecular flexibility index (Phi) is 4.51. The fraction of sp³-hybridized carbons (Fsp3) is 0.400. The first-order valence-corrected chi connectivity index (χ1v) is 9.13. The summed E-state index contributed by atoms with van der Waals surface area (Å²) in [6.45, 7) is 3.76. The molecule has 1 aromatic carbocycles. The van der Waals surface area contributed by atoms with E-state index in [-0.39, 0.29) is 11.6 Å². The van der Waals surface area contributed by atoms with Crippen LogP contribution in [0.3, 0.4) is 0 Å². The highest BCUT2D eigenvalue weighted by atomic mass is 16.3. The molecule has 6 nitrogen and oxygen atoms in total. The summed E-state index contributed by atoms with van der Waals surface area (Å²) in [6, 6.07) is 10.6. The molecule has 1 N–H and O–H groups in total. The molecule has 0 unspecified atom stereocenters. The van der Waals surface area contributed by atoms with Crippen LogP contribution in [-0.2, 0) is 7.05 Å². The van der Waals surface area contributed by atoms with E-state index in [1.54, 1.807) is 24.0 Å². The summed E-state index contributed by atoms with van der Waals surface area (Å²) in [6.07, 6.45) is 5.48. The van der Waals surface area contributed by atoms with Gasteiger partial charge >= 0.3 is 0 Å². The lowest BCUT2D eigenvalue weighted by Gasteiger charge is -2.34. The Hall–Kier alpha value is -2.60. The third kappa shape index (κ3) is 3.24. The van der Waals surface area contributed by atoms with Gasteiger partial charge in [0.2, 0.25) is 0 Å². The maximum atomic E-state index is 12.3. The monoisotopic (exact) mass is 352 g/mol. The number of rotatable bonds is 4. The highest BCUT2D eigenvalue weighted by Gasteiger charge is 2.25. The zero-order chi connectivity index (χ0) is 18.1. The van der Waals surface area contributed by atoms with Crippen LogP contribution >= 0.6 is 0 Å². The number of aromatic nitrogens is 2. The number of aryl methyl sites for hydroxylation is 1. The fourth-order valence-corrected chi connectivity index (χ4v) is 3.66. The molecule has 0 spiro atoms. The summed E-state index contributed by atoms with van der Waals surface area (Å²) in [5.74, 6) is 1.48. The standard InChI is InChI=1S/C20H24N4O2/c1-14(18-12-15-6-3-4-8-17(15)26-18)22-16-7-5-10-24(13-16)19-20(25)23(2)11-9-21-19/h3-4,6,8-9,11-12,14,16,22H,5,7,10,13H2,1-2H3/t14-,16+/m0/s1. The van der Waals surface area contributed by atoms with Gasteiger partial charge < -0.3 is 19.2 Å². The third-order valence-corrected chi connectivity index (χ3v) is 5.08. The van der Waals surface area contributed by atoms with Crippen molar-refractivity contribution in [1.29, 1.82) is 0 Å². The topological polar surface area (TPSA) is 63.3 Å². The van der Waals surface area contributed by atoms with E-state index in [0.717, 1.165) is 42.7 Å². The van der Waals surface area contributed by atoms with Crippen molar-refractivity contribution in [2.75, 3.05) is 18.0 Å². The molecule has 0 radical (unpaired) electrons. The van der Waals surface area contributed by atoms with Crippen LogP contribution < -0.4 is 15.8 Å². The molecule has 6 heteroatoms. The van der Waals surface area contributed by atoms with Crippen molar-refractivity contribution in [2.45, 2.75) is 31.8 Å². The molecule has 0 aliphatic carbocycles. The summed E-state index contributed by atoms with van der Waals surface area (Å²) in [7, 11) is 1.76. The van der Waals surface area contributed by atoms with E-state index in [9.17, 15) is 4.79 Å². The average molecular weight is 352 g/mol. The van der Waals surface area contributed by atoms with Gasteiger partial charge in [-0.05, 0) is 31.9 Å². The van der Waals surface area contributed by atoms with Crippen molar-refractivity contribution >= 4 is 16.8 Å². The lowest BCUT2D eigenvalue weighted by molar-refractivity contribution is 0.357. The van der Waals surface area contributed by atoms with Crippen LogP contribution in [0.15, 0.2) is 51.9 Å². The number of nitrogens with zero attached hydrogens (tertiary/aromatic N) is 3. The van der Waals surface area contributed by atoms with Crippen molar-refractivity contribution in [3.63, 3.8) is 0 Å². The molecular formula is C20H24N4O2. The largest absolute Gasteiger partial charge is 0.459 e. The van der Waals surface area contributed by atoms with E-state index in [2.05, 4.69) is 34.3 Å². The summed E-state index contributed by atoms with van der Waals surface area (Å²) in [5, 5.41) is 4.78. The Morgan fingerprint density at radius 1 is 1.35 bits per heavy atom. The maximum Gasteiger partial charge on any atom is 0.293 e. The van der Waals surface area contributed by atoms with Gasteiger partial charge in [0, 0.05) is 44.0 Å². The normalized spacial score (nSPS) is 19.0. The zero-order valence-electron chi connectivity index (χ0n) is 15.2. The van der Waals surface area contributed by atoms with Gasteiger partial charge in [0.1, 0.15) is 11.3 Å². The quantitative estimate of drug-likeness (QED) is 0.782. The number of nitrogens with one attached hydrogen (secondary N) is 1. The molecule has 0 amide bonds. The molecule has 1 saturated heterocycles. The molecule has 2 aromatic heterocycles. The van der Waals surface area contributed by atoms with Gasteiger partial charge in [-0.25, -0.2) is 4.98 Å². The van der Waals surface area contributed by atoms with Gasteiger partial charge in [-0.3, -0.25) is 4.79 Å². The van der Waals surface area contributed by atoms with Crippen molar-refractivity contribution in [3.05, 3.63) is 58.8 Å². The second-order valence-corrected chi connectivity index (χ2v) is 7.03. The highest BCUT2D eigenvalue weighted by molar-refractivity contribution is 5.77. The van der Waals surface area contributed by atoms with Crippen LogP contribution in [0, 0.1) is 0 Å². The van der Waals surface area contributed by atoms with Gasteiger partial charge in [0.15, 0.2) is 5.82 Å². The lowest BCUT2D eigenvalue weighted by atomic mass is 10.0. The van der Waals surface area contributed by atoms with Crippen LogP contribution in [0.5, 0.6) is 0 Å². The van der Waals surface area contributed by atoms with Crippen molar-refractivity contribution in [2.24, 2.45) is 7.05 Å². The van der Waals surface area contributed by atoms with Crippen LogP contribution in [0.2, 0.25) is 0 Å². The number of anilines is 1. The first-order valence-electron chi connectivity index (χ1n) is 9.13. The first-order chi connectivity index (χ1) is 12.6. The van der Waals surface area contributed by atoms with E-state index < -0.39 is 0 Å². The Morgan fingerprint density at radius 3 is 3.04 bits per heavy atom. The molecule has 4 rings (SSSR count). The van der Waals surface area contributed by atoms with Crippen molar-refractivity contribution in [1.82, 2.24) is 14.9 Å². The van der Waals surface area contributed by atoms with Crippen LogP contribution in [0.4, 0.5) is 5.82 Å². The molecule has 3 heterocycles. The molecule has 0 bridgehead atoms. The molecule has 136 valence electrons. The SMILES string of the molecule is C[C@H](N[C@@H]1CCCN(c2nccn(C)c2=O)C1)c1cc2ccccc2o1. The predicted molar refractivity (Wildman–Crippen MR) is 102 cm³/mol. The molecule has 26 heavy (non-hydrogen) atoms. The minimum atomic E-state index is -0.0431. The fourth-order valence-electron chi connectivity index (χ4n) is 3.66. The first kappa shape index (κ1) is 16.8. The van der Waals surface area contributed by atoms with Gasteiger partial charge in [-0.1, -0.05) is 18.2 Å². The van der Waals surface area contributed by atoms with E-state index in [0.29, 0.717) is 11.9 Å². The average Bonchev–Trinajstić information content (AvgIpc) is 3.09.